The van der Waals surface area contributed by atoms with Crippen LogP contribution in [-0.4, -0.2) is 28.8 Å². The van der Waals surface area contributed by atoms with Gasteiger partial charge >= 0.3 is 0 Å². The van der Waals surface area contributed by atoms with Crippen LogP contribution in [0.3, 0.4) is 0 Å². The van der Waals surface area contributed by atoms with Gasteiger partial charge in [-0.1, -0.05) is 18.9 Å². The first-order valence-electron chi connectivity index (χ1n) is 7.34. The molecule has 0 radical (unpaired) electrons. The Morgan fingerprint density at radius 1 is 1.42 bits per heavy atom. The van der Waals surface area contributed by atoms with Gasteiger partial charge in [-0.15, -0.1) is 0 Å². The third kappa shape index (κ3) is 2.35. The van der Waals surface area contributed by atoms with Gasteiger partial charge in [-0.05, 0) is 25.3 Å². The minimum Gasteiger partial charge on any atom is -0.389 e. The van der Waals surface area contributed by atoms with Crippen molar-refractivity contribution in [3.63, 3.8) is 0 Å². The quantitative estimate of drug-likeness (QED) is 0.850. The summed E-state index contributed by atoms with van der Waals surface area (Å²) in [7, 11) is 0. The maximum absolute atomic E-state index is 10.7. The average molecular weight is 261 g/mol. The third-order valence-electron chi connectivity index (χ3n) is 4.81. The molecule has 4 heteroatoms. The Bertz CT molecular complexity index is 451. The fourth-order valence-corrected chi connectivity index (χ4v) is 3.64. The van der Waals surface area contributed by atoms with Gasteiger partial charge in [0.1, 0.15) is 5.82 Å². The van der Waals surface area contributed by atoms with Gasteiger partial charge in [0.25, 0.3) is 0 Å². The molecule has 0 amide bonds. The molecular weight excluding hydrogens is 238 g/mol. The molecule has 19 heavy (non-hydrogen) atoms. The van der Waals surface area contributed by atoms with Crippen molar-refractivity contribution >= 4 is 5.82 Å². The van der Waals surface area contributed by atoms with Crippen molar-refractivity contribution in [2.75, 3.05) is 18.0 Å². The van der Waals surface area contributed by atoms with Crippen LogP contribution in [0.4, 0.5) is 5.82 Å². The van der Waals surface area contributed by atoms with Crippen LogP contribution in [0.15, 0.2) is 18.3 Å². The molecule has 2 fully saturated rings. The molecule has 0 aromatic carbocycles. The van der Waals surface area contributed by atoms with Gasteiger partial charge in [-0.2, -0.15) is 0 Å². The Morgan fingerprint density at radius 2 is 2.32 bits per heavy atom. The van der Waals surface area contributed by atoms with E-state index in [1.54, 1.807) is 0 Å². The fourth-order valence-electron chi connectivity index (χ4n) is 3.64. The number of hydrogen-bond acceptors (Lipinski definition) is 4. The normalized spacial score (nSPS) is 31.1. The van der Waals surface area contributed by atoms with Gasteiger partial charge in [0.15, 0.2) is 0 Å². The molecule has 1 aromatic rings. The van der Waals surface area contributed by atoms with Gasteiger partial charge in [0.05, 0.1) is 5.60 Å². The highest BCUT2D eigenvalue weighted by Crippen LogP contribution is 2.40. The molecule has 0 spiro atoms. The monoisotopic (exact) mass is 261 g/mol. The van der Waals surface area contributed by atoms with E-state index in [4.69, 9.17) is 5.73 Å². The molecule has 1 aliphatic heterocycles. The van der Waals surface area contributed by atoms with E-state index in [-0.39, 0.29) is 0 Å². The molecule has 2 atom stereocenters. The molecule has 1 aliphatic carbocycles. The summed E-state index contributed by atoms with van der Waals surface area (Å²) in [4.78, 5) is 6.81. The van der Waals surface area contributed by atoms with Crippen LogP contribution >= 0.6 is 0 Å². The number of pyridine rings is 1. The molecule has 1 saturated carbocycles. The molecule has 2 heterocycles. The first kappa shape index (κ1) is 12.9. The maximum Gasteiger partial charge on any atom is 0.133 e. The summed E-state index contributed by atoms with van der Waals surface area (Å²) in [5, 5.41) is 10.7. The molecule has 3 N–H and O–H groups in total. The number of hydrogen-bond donors (Lipinski definition) is 2. The number of fused-ring (bicyclic) bond motifs is 1. The molecule has 104 valence electrons. The maximum atomic E-state index is 10.7. The Morgan fingerprint density at radius 3 is 3.16 bits per heavy atom. The van der Waals surface area contributed by atoms with E-state index in [0.29, 0.717) is 12.5 Å². The topological polar surface area (TPSA) is 62.4 Å². The van der Waals surface area contributed by atoms with Gasteiger partial charge in [0.2, 0.25) is 0 Å². The molecule has 0 bridgehead atoms. The average Bonchev–Trinajstić information content (AvgIpc) is 2.46. The van der Waals surface area contributed by atoms with E-state index < -0.39 is 5.60 Å². The standard InChI is InChI=1S/C15H23N3O/c16-10-12-4-3-8-17-14(12)18-9-7-15(19)6-2-1-5-13(15)11-18/h3-4,8,13,19H,1-2,5-7,9-11,16H2. The van der Waals surface area contributed by atoms with E-state index in [1.165, 1.54) is 12.8 Å². The second-order valence-corrected chi connectivity index (χ2v) is 5.93. The Balaban J connectivity index is 1.81. The van der Waals surface area contributed by atoms with Crippen molar-refractivity contribution in [2.24, 2.45) is 11.7 Å². The summed E-state index contributed by atoms with van der Waals surface area (Å²) in [6.07, 6.45) is 7.21. The smallest absolute Gasteiger partial charge is 0.133 e. The van der Waals surface area contributed by atoms with Crippen LogP contribution in [-0.2, 0) is 6.54 Å². The fraction of sp³-hybridized carbons (Fsp3) is 0.667. The van der Waals surface area contributed by atoms with Crippen molar-refractivity contribution < 1.29 is 5.11 Å². The van der Waals surface area contributed by atoms with E-state index in [2.05, 4.69) is 9.88 Å². The van der Waals surface area contributed by atoms with Crippen LogP contribution in [0, 0.1) is 5.92 Å². The number of aromatic nitrogens is 1. The molecular formula is C15H23N3O. The first-order valence-corrected chi connectivity index (χ1v) is 7.34. The number of rotatable bonds is 2. The lowest BCUT2D eigenvalue weighted by molar-refractivity contribution is -0.0613. The van der Waals surface area contributed by atoms with Gasteiger partial charge in [-0.25, -0.2) is 4.98 Å². The van der Waals surface area contributed by atoms with Crippen LogP contribution in [0.5, 0.6) is 0 Å². The second kappa shape index (κ2) is 5.10. The van der Waals surface area contributed by atoms with Crippen LogP contribution in [0.1, 0.15) is 37.7 Å². The largest absolute Gasteiger partial charge is 0.389 e. The van der Waals surface area contributed by atoms with Crippen molar-refractivity contribution in [3.8, 4) is 0 Å². The highest BCUT2D eigenvalue weighted by atomic mass is 16.3. The number of anilines is 1. The third-order valence-corrected chi connectivity index (χ3v) is 4.81. The predicted molar refractivity (Wildman–Crippen MR) is 75.9 cm³/mol. The lowest BCUT2D eigenvalue weighted by Crippen LogP contribution is -2.53. The summed E-state index contributed by atoms with van der Waals surface area (Å²) in [6, 6.07) is 3.98. The zero-order valence-corrected chi connectivity index (χ0v) is 11.4. The van der Waals surface area contributed by atoms with Crippen LogP contribution < -0.4 is 10.6 Å². The highest BCUT2D eigenvalue weighted by molar-refractivity contribution is 5.47. The molecule has 2 aliphatic rings. The molecule has 1 aromatic heterocycles. The number of nitrogens with zero attached hydrogens (tertiary/aromatic N) is 2. The van der Waals surface area contributed by atoms with Crippen LogP contribution in [0.25, 0.3) is 0 Å². The first-order chi connectivity index (χ1) is 9.23. The van der Waals surface area contributed by atoms with E-state index in [9.17, 15) is 5.11 Å². The Labute approximate surface area is 114 Å². The molecule has 3 rings (SSSR count). The Kier molecular flexibility index (Phi) is 3.46. The number of aliphatic hydroxyl groups is 1. The van der Waals surface area contributed by atoms with E-state index in [0.717, 1.165) is 43.7 Å². The predicted octanol–water partition coefficient (Wildman–Crippen LogP) is 1.67. The van der Waals surface area contributed by atoms with Crippen LogP contribution in [0.2, 0.25) is 0 Å². The minimum atomic E-state index is -0.424. The lowest BCUT2D eigenvalue weighted by Gasteiger charge is -2.48. The summed E-state index contributed by atoms with van der Waals surface area (Å²) in [5.41, 5.74) is 6.48. The van der Waals surface area contributed by atoms with E-state index >= 15 is 0 Å². The SMILES string of the molecule is NCc1cccnc1N1CCC2(O)CCCCC2C1. The molecule has 1 saturated heterocycles. The highest BCUT2D eigenvalue weighted by Gasteiger charge is 2.43. The zero-order valence-electron chi connectivity index (χ0n) is 11.4. The van der Waals surface area contributed by atoms with Crippen molar-refractivity contribution in [1.29, 1.82) is 0 Å². The summed E-state index contributed by atoms with van der Waals surface area (Å²) < 4.78 is 0. The van der Waals surface area contributed by atoms with E-state index in [1.807, 2.05) is 18.3 Å². The van der Waals surface area contributed by atoms with Gasteiger partial charge in [-0.3, -0.25) is 0 Å². The zero-order chi connectivity index (χ0) is 13.3. The molecule has 4 nitrogen and oxygen atoms in total. The van der Waals surface area contributed by atoms with Gasteiger partial charge < -0.3 is 15.7 Å². The van der Waals surface area contributed by atoms with Crippen molar-refractivity contribution in [1.82, 2.24) is 4.98 Å². The van der Waals surface area contributed by atoms with Crippen molar-refractivity contribution in [2.45, 2.75) is 44.2 Å². The Hall–Kier alpha value is -1.13. The van der Waals surface area contributed by atoms with Crippen molar-refractivity contribution in [3.05, 3.63) is 23.9 Å². The van der Waals surface area contributed by atoms with Gasteiger partial charge in [0, 0.05) is 37.3 Å². The minimum absolute atomic E-state index is 0.391. The second-order valence-electron chi connectivity index (χ2n) is 5.93. The lowest BCUT2D eigenvalue weighted by atomic mass is 9.71. The summed E-state index contributed by atoms with van der Waals surface area (Å²) >= 11 is 0. The summed E-state index contributed by atoms with van der Waals surface area (Å²) in [5.74, 6) is 1.40. The number of nitrogens with two attached hydrogens (primary N) is 1. The summed E-state index contributed by atoms with van der Waals surface area (Å²) in [6.45, 7) is 2.33. The molecule has 2 unspecified atom stereocenters. The number of piperidine rings is 1.